The van der Waals surface area contributed by atoms with Crippen molar-refractivity contribution in [1.82, 2.24) is 5.32 Å². The smallest absolute Gasteiger partial charge is 0.348 e. The van der Waals surface area contributed by atoms with Crippen LogP contribution in [0.15, 0.2) is 72.8 Å². The highest BCUT2D eigenvalue weighted by Gasteiger charge is 2.72. The van der Waals surface area contributed by atoms with Gasteiger partial charge in [0, 0.05) is 20.4 Å². The molecule has 2 N–H and O–H groups in total. The molecular weight excluding hydrogens is 608 g/mol. The zero-order valence-corrected chi connectivity index (χ0v) is 20.1. The number of anilines is 1. The summed E-state index contributed by atoms with van der Waals surface area (Å²) in [7, 11) is 0. The van der Waals surface area contributed by atoms with Crippen molar-refractivity contribution in [3.05, 3.63) is 87.5 Å². The Morgan fingerprint density at radius 3 is 1.83 bits per heavy atom. The second-order valence-corrected chi connectivity index (χ2v) is 8.67. The van der Waals surface area contributed by atoms with Gasteiger partial charge in [-0.05, 0) is 52.4 Å². The quantitative estimate of drug-likeness (QED) is 0.235. The molecule has 0 radical (unpaired) electrons. The van der Waals surface area contributed by atoms with Gasteiger partial charge in [-0.25, -0.2) is 4.39 Å². The molecule has 36 heavy (non-hydrogen) atoms. The fourth-order valence-corrected chi connectivity index (χ4v) is 3.89. The predicted octanol–water partition coefficient (Wildman–Crippen LogP) is 6.77. The standard InChI is InChI=1S/C24H16F7IN2O2/c25-22(23(26,27)28,24(29,30)31)13-33-20(35)16-10-6-12-18(19(16)14-7-2-1-3-8-14)34-21(36)15-9-4-5-11-17(15)32/h1-12H,13H2,(H,33,35)(H,34,36). The van der Waals surface area contributed by atoms with Crippen LogP contribution in [-0.2, 0) is 0 Å². The number of hydrogen-bond donors (Lipinski definition) is 2. The molecule has 3 aromatic carbocycles. The number of carbonyl (C=O) groups excluding carboxylic acids is 2. The highest BCUT2D eigenvalue weighted by Crippen LogP contribution is 2.45. The molecule has 0 heterocycles. The monoisotopic (exact) mass is 624 g/mol. The molecule has 0 unspecified atom stereocenters. The van der Waals surface area contributed by atoms with Gasteiger partial charge in [0.25, 0.3) is 11.8 Å². The zero-order chi connectivity index (χ0) is 26.7. The normalized spacial score (nSPS) is 12.2. The number of carbonyl (C=O) groups is 2. The van der Waals surface area contributed by atoms with Crippen LogP contribution in [0.2, 0.25) is 0 Å². The first-order valence-corrected chi connectivity index (χ1v) is 11.2. The van der Waals surface area contributed by atoms with Crippen LogP contribution in [-0.4, -0.2) is 36.4 Å². The summed E-state index contributed by atoms with van der Waals surface area (Å²) in [5.74, 6) is -1.96. The Labute approximate surface area is 214 Å². The molecule has 0 aliphatic heterocycles. The van der Waals surface area contributed by atoms with Crippen LogP contribution in [0, 0.1) is 3.57 Å². The Morgan fingerprint density at radius 2 is 1.25 bits per heavy atom. The summed E-state index contributed by atoms with van der Waals surface area (Å²) in [5.41, 5.74) is -5.30. The van der Waals surface area contributed by atoms with E-state index in [1.165, 1.54) is 29.6 Å². The summed E-state index contributed by atoms with van der Waals surface area (Å²) in [6, 6.07) is 18.3. The van der Waals surface area contributed by atoms with E-state index in [4.69, 9.17) is 0 Å². The van der Waals surface area contributed by atoms with Crippen molar-refractivity contribution in [3.8, 4) is 11.1 Å². The number of halogens is 8. The van der Waals surface area contributed by atoms with E-state index < -0.39 is 36.4 Å². The number of nitrogens with one attached hydrogen (secondary N) is 2. The van der Waals surface area contributed by atoms with Crippen molar-refractivity contribution in [2.45, 2.75) is 18.0 Å². The average molecular weight is 624 g/mol. The molecule has 3 aromatic rings. The van der Waals surface area contributed by atoms with Gasteiger partial charge in [0.15, 0.2) is 0 Å². The van der Waals surface area contributed by atoms with Crippen molar-refractivity contribution < 1.29 is 40.3 Å². The summed E-state index contributed by atoms with van der Waals surface area (Å²) < 4.78 is 92.1. The van der Waals surface area contributed by atoms with Crippen molar-refractivity contribution >= 4 is 40.1 Å². The maximum absolute atomic E-state index is 14.1. The Morgan fingerprint density at radius 1 is 0.694 bits per heavy atom. The first-order chi connectivity index (χ1) is 16.8. The maximum Gasteiger partial charge on any atom is 0.433 e. The van der Waals surface area contributed by atoms with Gasteiger partial charge >= 0.3 is 18.0 Å². The third-order valence-electron chi connectivity index (χ3n) is 5.13. The highest BCUT2D eigenvalue weighted by atomic mass is 127. The minimum absolute atomic E-state index is 0.0263. The fraction of sp³-hybridized carbons (Fsp3) is 0.167. The van der Waals surface area contributed by atoms with Crippen LogP contribution >= 0.6 is 22.6 Å². The van der Waals surface area contributed by atoms with Crippen LogP contribution in [0.1, 0.15) is 20.7 Å². The van der Waals surface area contributed by atoms with Crippen molar-refractivity contribution in [3.63, 3.8) is 0 Å². The minimum Gasteiger partial charge on any atom is -0.348 e. The van der Waals surface area contributed by atoms with E-state index in [9.17, 15) is 40.3 Å². The third kappa shape index (κ3) is 5.63. The van der Waals surface area contributed by atoms with Crippen molar-refractivity contribution in [1.29, 1.82) is 0 Å². The lowest BCUT2D eigenvalue weighted by molar-refractivity contribution is -0.338. The van der Waals surface area contributed by atoms with Gasteiger partial charge < -0.3 is 10.6 Å². The van der Waals surface area contributed by atoms with Gasteiger partial charge in [0.2, 0.25) is 0 Å². The molecule has 0 bridgehead atoms. The molecule has 4 nitrogen and oxygen atoms in total. The van der Waals surface area contributed by atoms with E-state index in [0.29, 0.717) is 14.7 Å². The summed E-state index contributed by atoms with van der Waals surface area (Å²) in [6.45, 7) is -2.38. The first-order valence-electron chi connectivity index (χ1n) is 10.1. The molecule has 0 aliphatic carbocycles. The van der Waals surface area contributed by atoms with Crippen LogP contribution in [0.3, 0.4) is 0 Å². The topological polar surface area (TPSA) is 58.2 Å². The van der Waals surface area contributed by atoms with Gasteiger partial charge in [-0.1, -0.05) is 48.5 Å². The molecule has 0 aromatic heterocycles. The molecule has 0 saturated carbocycles. The molecule has 12 heteroatoms. The average Bonchev–Trinajstić information content (AvgIpc) is 2.81. The molecule has 190 valence electrons. The number of amides is 2. The SMILES string of the molecule is O=C(Nc1cccc(C(=O)NCC(F)(C(F)(F)F)C(F)(F)F)c1-c1ccccc1)c1ccccc1I. The first kappa shape index (κ1) is 27.4. The summed E-state index contributed by atoms with van der Waals surface area (Å²) in [4.78, 5) is 25.6. The minimum atomic E-state index is -6.32. The van der Waals surface area contributed by atoms with E-state index in [1.54, 1.807) is 42.5 Å². The predicted molar refractivity (Wildman–Crippen MR) is 127 cm³/mol. The number of hydrogen-bond acceptors (Lipinski definition) is 2. The fourth-order valence-electron chi connectivity index (χ4n) is 3.25. The Hall–Kier alpha value is -3.16. The lowest BCUT2D eigenvalue weighted by Crippen LogP contribution is -2.59. The van der Waals surface area contributed by atoms with Crippen LogP contribution in [0.5, 0.6) is 0 Å². The van der Waals surface area contributed by atoms with Crippen LogP contribution in [0.4, 0.5) is 36.4 Å². The van der Waals surface area contributed by atoms with E-state index in [-0.39, 0.29) is 16.8 Å². The Bertz CT molecular complexity index is 1250. The summed E-state index contributed by atoms with van der Waals surface area (Å²) in [6.07, 6.45) is -12.6. The maximum atomic E-state index is 14.1. The van der Waals surface area contributed by atoms with Crippen molar-refractivity contribution in [2.24, 2.45) is 0 Å². The lowest BCUT2D eigenvalue weighted by atomic mass is 9.96. The highest BCUT2D eigenvalue weighted by molar-refractivity contribution is 14.1. The second kappa shape index (κ2) is 10.4. The molecule has 2 amide bonds. The van der Waals surface area contributed by atoms with E-state index >= 15 is 0 Å². The third-order valence-corrected chi connectivity index (χ3v) is 6.07. The van der Waals surface area contributed by atoms with Gasteiger partial charge in [0.1, 0.15) is 0 Å². The summed E-state index contributed by atoms with van der Waals surface area (Å²) in [5, 5.41) is 4.04. The van der Waals surface area contributed by atoms with Gasteiger partial charge in [-0.3, -0.25) is 9.59 Å². The number of benzene rings is 3. The lowest BCUT2D eigenvalue weighted by Gasteiger charge is -2.30. The molecule has 0 fully saturated rings. The molecule has 0 saturated heterocycles. The Balaban J connectivity index is 2.01. The van der Waals surface area contributed by atoms with E-state index in [1.807, 2.05) is 22.6 Å². The largest absolute Gasteiger partial charge is 0.433 e. The number of rotatable bonds is 6. The van der Waals surface area contributed by atoms with Crippen molar-refractivity contribution in [2.75, 3.05) is 11.9 Å². The van der Waals surface area contributed by atoms with E-state index in [0.717, 1.165) is 6.07 Å². The van der Waals surface area contributed by atoms with Crippen LogP contribution < -0.4 is 10.6 Å². The molecule has 0 aliphatic rings. The van der Waals surface area contributed by atoms with Gasteiger partial charge in [0.05, 0.1) is 12.1 Å². The molecule has 0 atom stereocenters. The van der Waals surface area contributed by atoms with Gasteiger partial charge in [-0.15, -0.1) is 0 Å². The second-order valence-electron chi connectivity index (χ2n) is 7.51. The molecule has 0 spiro atoms. The van der Waals surface area contributed by atoms with E-state index in [2.05, 4.69) is 5.32 Å². The molecule has 3 rings (SSSR count). The Kier molecular flexibility index (Phi) is 7.96. The zero-order valence-electron chi connectivity index (χ0n) is 18.0. The van der Waals surface area contributed by atoms with Gasteiger partial charge in [-0.2, -0.15) is 26.3 Å². The molecular formula is C24H16F7IN2O2. The van der Waals surface area contributed by atoms with Crippen LogP contribution in [0.25, 0.3) is 11.1 Å². The summed E-state index contributed by atoms with van der Waals surface area (Å²) >= 11 is 1.94. The number of alkyl halides is 7.